The first-order chi connectivity index (χ1) is 17.0. The van der Waals surface area contributed by atoms with Crippen LogP contribution in [0.15, 0.2) is 81.1 Å². The lowest BCUT2D eigenvalue weighted by Gasteiger charge is -2.08. The lowest BCUT2D eigenvalue weighted by atomic mass is 10.2. The molecule has 0 aliphatic heterocycles. The lowest BCUT2D eigenvalue weighted by Crippen LogP contribution is -2.29. The van der Waals surface area contributed by atoms with Crippen molar-refractivity contribution in [3.8, 4) is 0 Å². The Kier molecular flexibility index (Phi) is 5.92. The number of halogens is 1. The molecule has 0 bridgehead atoms. The minimum Gasteiger partial charge on any atom is -0.460 e. The Labute approximate surface area is 197 Å². The van der Waals surface area contributed by atoms with Crippen LogP contribution in [0.2, 0.25) is 0 Å². The summed E-state index contributed by atoms with van der Waals surface area (Å²) >= 11 is 0. The maximum absolute atomic E-state index is 13.1. The van der Waals surface area contributed by atoms with Gasteiger partial charge in [-0.3, -0.25) is 19.0 Å². The number of nitrogens with zero attached hydrogens (tertiary/aromatic N) is 4. The standard InChI is InChI=1S/C25H20FN5O4/c26-17-7-5-16(6-8-17)14-30-15-28-24-20(25(30)34)13-29-31(24)10-9-27-23(33)12-18-11-21(32)19-3-1-2-4-22(19)35-18/h1-8,11,13,15H,9-10,12,14H2,(H,27,33). The number of rotatable bonds is 7. The molecule has 5 rings (SSSR count). The second-order valence-corrected chi connectivity index (χ2v) is 8.01. The van der Waals surface area contributed by atoms with Crippen LogP contribution in [0.5, 0.6) is 0 Å². The summed E-state index contributed by atoms with van der Waals surface area (Å²) in [5, 5.41) is 7.79. The predicted octanol–water partition coefficient (Wildman–Crippen LogP) is 2.25. The van der Waals surface area contributed by atoms with E-state index in [-0.39, 0.29) is 48.0 Å². The summed E-state index contributed by atoms with van der Waals surface area (Å²) < 4.78 is 21.7. The molecule has 3 aromatic heterocycles. The van der Waals surface area contributed by atoms with E-state index in [2.05, 4.69) is 15.4 Å². The van der Waals surface area contributed by atoms with Crippen LogP contribution in [0.3, 0.4) is 0 Å². The highest BCUT2D eigenvalue weighted by molar-refractivity contribution is 5.80. The number of carbonyl (C=O) groups excluding carboxylic acids is 1. The van der Waals surface area contributed by atoms with Crippen molar-refractivity contribution in [2.75, 3.05) is 6.54 Å². The van der Waals surface area contributed by atoms with Gasteiger partial charge in [0, 0.05) is 12.6 Å². The van der Waals surface area contributed by atoms with Gasteiger partial charge >= 0.3 is 0 Å². The number of amides is 1. The fourth-order valence-electron chi connectivity index (χ4n) is 3.82. The van der Waals surface area contributed by atoms with E-state index in [1.807, 2.05) is 0 Å². The highest BCUT2D eigenvalue weighted by atomic mass is 19.1. The van der Waals surface area contributed by atoms with Crippen LogP contribution in [0, 0.1) is 5.82 Å². The van der Waals surface area contributed by atoms with Gasteiger partial charge in [0.15, 0.2) is 11.1 Å². The van der Waals surface area contributed by atoms with Crippen molar-refractivity contribution in [2.45, 2.75) is 19.5 Å². The molecule has 35 heavy (non-hydrogen) atoms. The van der Waals surface area contributed by atoms with E-state index in [4.69, 9.17) is 4.42 Å². The number of benzene rings is 2. The van der Waals surface area contributed by atoms with Crippen molar-refractivity contribution >= 4 is 27.9 Å². The van der Waals surface area contributed by atoms with Gasteiger partial charge in [0.25, 0.3) is 5.56 Å². The van der Waals surface area contributed by atoms with Crippen LogP contribution < -0.4 is 16.3 Å². The first-order valence-electron chi connectivity index (χ1n) is 10.9. The predicted molar refractivity (Wildman–Crippen MR) is 126 cm³/mol. The first kappa shape index (κ1) is 22.2. The zero-order valence-electron chi connectivity index (χ0n) is 18.5. The molecule has 0 radical (unpaired) electrons. The van der Waals surface area contributed by atoms with Gasteiger partial charge in [-0.2, -0.15) is 5.10 Å². The fraction of sp³-hybridized carbons (Fsp3) is 0.160. The second-order valence-electron chi connectivity index (χ2n) is 8.01. The molecule has 2 aromatic carbocycles. The summed E-state index contributed by atoms with van der Waals surface area (Å²) in [6, 6.07) is 14.1. The molecular formula is C25H20FN5O4. The maximum Gasteiger partial charge on any atom is 0.264 e. The largest absolute Gasteiger partial charge is 0.460 e. The highest BCUT2D eigenvalue weighted by Gasteiger charge is 2.12. The molecule has 0 aliphatic rings. The third-order valence-corrected chi connectivity index (χ3v) is 5.55. The molecule has 176 valence electrons. The van der Waals surface area contributed by atoms with Crippen molar-refractivity contribution in [2.24, 2.45) is 0 Å². The molecule has 0 atom stereocenters. The summed E-state index contributed by atoms with van der Waals surface area (Å²) in [7, 11) is 0. The van der Waals surface area contributed by atoms with Crippen molar-refractivity contribution in [1.29, 1.82) is 0 Å². The highest BCUT2D eigenvalue weighted by Crippen LogP contribution is 2.12. The van der Waals surface area contributed by atoms with Crippen molar-refractivity contribution in [3.05, 3.63) is 105 Å². The molecule has 0 saturated carbocycles. The van der Waals surface area contributed by atoms with Crippen molar-refractivity contribution in [1.82, 2.24) is 24.6 Å². The van der Waals surface area contributed by atoms with Crippen LogP contribution in [0.1, 0.15) is 11.3 Å². The van der Waals surface area contributed by atoms with E-state index in [1.54, 1.807) is 36.4 Å². The number of hydrogen-bond acceptors (Lipinski definition) is 6. The Morgan fingerprint density at radius 1 is 1.06 bits per heavy atom. The average Bonchev–Trinajstić information content (AvgIpc) is 3.26. The molecule has 0 saturated heterocycles. The van der Waals surface area contributed by atoms with E-state index in [1.165, 1.54) is 40.0 Å². The van der Waals surface area contributed by atoms with E-state index in [9.17, 15) is 18.8 Å². The molecular weight excluding hydrogens is 453 g/mol. The van der Waals surface area contributed by atoms with E-state index >= 15 is 0 Å². The van der Waals surface area contributed by atoms with Crippen LogP contribution >= 0.6 is 0 Å². The van der Waals surface area contributed by atoms with Crippen molar-refractivity contribution in [3.63, 3.8) is 0 Å². The Morgan fingerprint density at radius 2 is 1.86 bits per heavy atom. The number of nitrogens with one attached hydrogen (secondary N) is 1. The van der Waals surface area contributed by atoms with Crippen LogP contribution in [0.25, 0.3) is 22.0 Å². The molecule has 0 unspecified atom stereocenters. The summed E-state index contributed by atoms with van der Waals surface area (Å²) in [5.74, 6) is -0.376. The second kappa shape index (κ2) is 9.34. The Balaban J connectivity index is 1.23. The van der Waals surface area contributed by atoms with Gasteiger partial charge in [-0.1, -0.05) is 24.3 Å². The van der Waals surface area contributed by atoms with Crippen molar-refractivity contribution < 1.29 is 13.6 Å². The molecule has 10 heteroatoms. The summed E-state index contributed by atoms with van der Waals surface area (Å²) in [6.07, 6.45) is 2.79. The number of fused-ring (bicyclic) bond motifs is 2. The third-order valence-electron chi connectivity index (χ3n) is 5.55. The lowest BCUT2D eigenvalue weighted by molar-refractivity contribution is -0.120. The van der Waals surface area contributed by atoms with E-state index in [0.717, 1.165) is 5.56 Å². The molecule has 0 fully saturated rings. The Hall–Kier alpha value is -4.60. The van der Waals surface area contributed by atoms with E-state index in [0.29, 0.717) is 28.5 Å². The Bertz CT molecular complexity index is 1650. The minimum absolute atomic E-state index is 0.0771. The summed E-state index contributed by atoms with van der Waals surface area (Å²) in [5.41, 5.74) is 1.14. The molecule has 0 aliphatic carbocycles. The van der Waals surface area contributed by atoms with Crippen LogP contribution in [-0.4, -0.2) is 31.8 Å². The Morgan fingerprint density at radius 3 is 2.69 bits per heavy atom. The van der Waals surface area contributed by atoms with Crippen LogP contribution in [-0.2, 0) is 24.3 Å². The smallest absolute Gasteiger partial charge is 0.264 e. The number of carbonyl (C=O) groups is 1. The average molecular weight is 473 g/mol. The molecule has 3 heterocycles. The first-order valence-corrected chi connectivity index (χ1v) is 10.9. The van der Waals surface area contributed by atoms with Gasteiger partial charge in [0.1, 0.15) is 28.9 Å². The molecule has 0 spiro atoms. The van der Waals surface area contributed by atoms with Gasteiger partial charge in [-0.05, 0) is 29.8 Å². The van der Waals surface area contributed by atoms with Gasteiger partial charge in [0.05, 0.1) is 31.1 Å². The third kappa shape index (κ3) is 4.72. The van der Waals surface area contributed by atoms with Crippen LogP contribution in [0.4, 0.5) is 4.39 Å². The topological polar surface area (TPSA) is 112 Å². The maximum atomic E-state index is 13.1. The SMILES string of the molecule is O=C(Cc1cc(=O)c2ccccc2o1)NCCn1ncc2c(=O)n(Cc3ccc(F)cc3)cnc21. The fourth-order valence-corrected chi connectivity index (χ4v) is 3.82. The van der Waals surface area contributed by atoms with Gasteiger partial charge in [-0.25, -0.2) is 14.1 Å². The molecule has 9 nitrogen and oxygen atoms in total. The molecule has 1 N–H and O–H groups in total. The quantitative estimate of drug-likeness (QED) is 0.388. The monoisotopic (exact) mass is 473 g/mol. The zero-order chi connectivity index (χ0) is 24.4. The van der Waals surface area contributed by atoms with Gasteiger partial charge < -0.3 is 9.73 Å². The summed E-state index contributed by atoms with van der Waals surface area (Å²) in [4.78, 5) is 41.7. The molecule has 5 aromatic rings. The minimum atomic E-state index is -0.343. The number of hydrogen-bond donors (Lipinski definition) is 1. The summed E-state index contributed by atoms with van der Waals surface area (Å²) in [6.45, 7) is 0.799. The van der Waals surface area contributed by atoms with E-state index < -0.39 is 0 Å². The zero-order valence-corrected chi connectivity index (χ0v) is 18.5. The normalized spacial score (nSPS) is 11.2. The number of aromatic nitrogens is 4. The number of para-hydroxylation sites is 1. The molecule has 1 amide bonds. The van der Waals surface area contributed by atoms with Gasteiger partial charge in [-0.15, -0.1) is 0 Å². The van der Waals surface area contributed by atoms with Gasteiger partial charge in [0.2, 0.25) is 5.91 Å².